The maximum Gasteiger partial charge on any atom is 0.224 e. The van der Waals surface area contributed by atoms with Crippen LogP contribution in [0, 0.1) is 5.92 Å². The highest BCUT2D eigenvalue weighted by Crippen LogP contribution is 2.25. The SMILES string of the molecule is C=CCC(CC(=O)N1Cc2ccccc2CC1CO)C(=O)NC(CO)Cc1ccccc1. The van der Waals surface area contributed by atoms with Gasteiger partial charge in [-0.3, -0.25) is 9.59 Å². The second-order valence-electron chi connectivity index (χ2n) is 8.33. The van der Waals surface area contributed by atoms with Crippen molar-refractivity contribution in [1.82, 2.24) is 10.2 Å². The van der Waals surface area contributed by atoms with Crippen LogP contribution in [0.15, 0.2) is 67.3 Å². The van der Waals surface area contributed by atoms with Gasteiger partial charge in [0.05, 0.1) is 31.2 Å². The molecule has 0 spiro atoms. The minimum atomic E-state index is -0.582. The Balaban J connectivity index is 1.66. The molecule has 1 heterocycles. The molecule has 6 heteroatoms. The van der Waals surface area contributed by atoms with Gasteiger partial charge >= 0.3 is 0 Å². The third-order valence-corrected chi connectivity index (χ3v) is 6.02. The fourth-order valence-electron chi connectivity index (χ4n) is 4.23. The molecule has 1 aliphatic rings. The highest BCUT2D eigenvalue weighted by molar-refractivity contribution is 5.86. The molecule has 2 aromatic rings. The van der Waals surface area contributed by atoms with E-state index in [1.807, 2.05) is 54.6 Å². The third-order valence-electron chi connectivity index (χ3n) is 6.02. The van der Waals surface area contributed by atoms with Crippen LogP contribution in [0.1, 0.15) is 29.5 Å². The summed E-state index contributed by atoms with van der Waals surface area (Å²) in [5, 5.41) is 22.5. The topological polar surface area (TPSA) is 89.9 Å². The molecule has 3 atom stereocenters. The third kappa shape index (κ3) is 6.05. The van der Waals surface area contributed by atoms with E-state index < -0.39 is 12.0 Å². The van der Waals surface area contributed by atoms with Crippen molar-refractivity contribution in [2.24, 2.45) is 5.92 Å². The Morgan fingerprint density at radius 2 is 1.78 bits per heavy atom. The summed E-state index contributed by atoms with van der Waals surface area (Å²) < 4.78 is 0. The lowest BCUT2D eigenvalue weighted by Crippen LogP contribution is -2.48. The number of nitrogens with one attached hydrogen (secondary N) is 1. The Bertz CT molecular complexity index is 915. The van der Waals surface area contributed by atoms with Crippen molar-refractivity contribution in [1.29, 1.82) is 0 Å². The van der Waals surface area contributed by atoms with Gasteiger partial charge in [-0.15, -0.1) is 6.58 Å². The molecule has 0 bridgehead atoms. The van der Waals surface area contributed by atoms with Gasteiger partial charge in [0, 0.05) is 13.0 Å². The molecule has 3 unspecified atom stereocenters. The normalized spacial score (nSPS) is 17.2. The van der Waals surface area contributed by atoms with E-state index in [9.17, 15) is 19.8 Å². The first-order valence-corrected chi connectivity index (χ1v) is 11.1. The molecule has 2 aromatic carbocycles. The highest BCUT2D eigenvalue weighted by Gasteiger charge is 2.32. The number of fused-ring (bicyclic) bond motifs is 1. The molecule has 0 saturated heterocycles. The van der Waals surface area contributed by atoms with Crippen LogP contribution in [-0.2, 0) is 29.0 Å². The zero-order chi connectivity index (χ0) is 22.9. The molecule has 3 rings (SSSR count). The van der Waals surface area contributed by atoms with Gasteiger partial charge in [0.15, 0.2) is 0 Å². The van der Waals surface area contributed by atoms with Crippen LogP contribution < -0.4 is 5.32 Å². The molecule has 2 amide bonds. The monoisotopic (exact) mass is 436 g/mol. The Morgan fingerprint density at radius 3 is 2.44 bits per heavy atom. The summed E-state index contributed by atoms with van der Waals surface area (Å²) in [6.07, 6.45) is 3.13. The van der Waals surface area contributed by atoms with E-state index in [0.29, 0.717) is 25.8 Å². The second-order valence-corrected chi connectivity index (χ2v) is 8.33. The van der Waals surface area contributed by atoms with Crippen molar-refractivity contribution < 1.29 is 19.8 Å². The van der Waals surface area contributed by atoms with Crippen LogP contribution in [0.3, 0.4) is 0 Å². The standard InChI is InChI=1S/C26H32N2O4/c1-2-8-21(26(32)27-23(17-29)13-19-9-4-3-5-10-19)15-25(31)28-16-22-12-7-6-11-20(22)14-24(28)18-30/h2-7,9-12,21,23-24,29-30H,1,8,13-18H2,(H,27,32). The summed E-state index contributed by atoms with van der Waals surface area (Å²) in [7, 11) is 0. The van der Waals surface area contributed by atoms with Crippen molar-refractivity contribution in [3.8, 4) is 0 Å². The number of benzene rings is 2. The summed E-state index contributed by atoms with van der Waals surface area (Å²) in [6, 6.07) is 16.8. The van der Waals surface area contributed by atoms with Crippen molar-refractivity contribution in [3.05, 3.63) is 83.9 Å². The van der Waals surface area contributed by atoms with Crippen molar-refractivity contribution in [2.45, 2.75) is 44.3 Å². The summed E-state index contributed by atoms with van der Waals surface area (Å²) in [5.41, 5.74) is 3.22. The van der Waals surface area contributed by atoms with Crippen molar-refractivity contribution in [2.75, 3.05) is 13.2 Å². The summed E-state index contributed by atoms with van der Waals surface area (Å²) >= 11 is 0. The van der Waals surface area contributed by atoms with E-state index in [1.54, 1.807) is 11.0 Å². The lowest BCUT2D eigenvalue weighted by atomic mass is 9.92. The Hall–Kier alpha value is -2.96. The number of aliphatic hydroxyl groups is 2. The summed E-state index contributed by atoms with van der Waals surface area (Å²) in [6.45, 7) is 3.85. The van der Waals surface area contributed by atoms with Crippen LogP contribution in [0.2, 0.25) is 0 Å². The molecule has 0 aliphatic carbocycles. The average molecular weight is 437 g/mol. The average Bonchev–Trinajstić information content (AvgIpc) is 2.82. The van der Waals surface area contributed by atoms with Crippen molar-refractivity contribution in [3.63, 3.8) is 0 Å². The van der Waals surface area contributed by atoms with E-state index in [2.05, 4.69) is 11.9 Å². The first-order chi connectivity index (χ1) is 15.5. The van der Waals surface area contributed by atoms with E-state index >= 15 is 0 Å². The molecule has 32 heavy (non-hydrogen) atoms. The predicted molar refractivity (Wildman–Crippen MR) is 124 cm³/mol. The molecular formula is C26H32N2O4. The smallest absolute Gasteiger partial charge is 0.224 e. The number of hydrogen-bond donors (Lipinski definition) is 3. The fraction of sp³-hybridized carbons (Fsp3) is 0.385. The minimum absolute atomic E-state index is 0.0278. The maximum absolute atomic E-state index is 13.2. The van der Waals surface area contributed by atoms with Crippen molar-refractivity contribution >= 4 is 11.8 Å². The zero-order valence-corrected chi connectivity index (χ0v) is 18.3. The molecule has 0 radical (unpaired) electrons. The molecule has 0 fully saturated rings. The van der Waals surface area contributed by atoms with Crippen LogP contribution in [0.25, 0.3) is 0 Å². The van der Waals surface area contributed by atoms with Gasteiger partial charge in [-0.2, -0.15) is 0 Å². The Morgan fingerprint density at radius 1 is 1.09 bits per heavy atom. The van der Waals surface area contributed by atoms with Gasteiger partial charge in [-0.05, 0) is 36.0 Å². The number of carbonyl (C=O) groups is 2. The molecule has 6 nitrogen and oxygen atoms in total. The number of rotatable bonds is 10. The largest absolute Gasteiger partial charge is 0.394 e. The van der Waals surface area contributed by atoms with Crippen LogP contribution in [0.4, 0.5) is 0 Å². The molecular weight excluding hydrogens is 404 g/mol. The zero-order valence-electron chi connectivity index (χ0n) is 18.3. The number of allylic oxidation sites excluding steroid dienone is 1. The minimum Gasteiger partial charge on any atom is -0.394 e. The van der Waals surface area contributed by atoms with Gasteiger partial charge < -0.3 is 20.4 Å². The van der Waals surface area contributed by atoms with Gasteiger partial charge in [0.2, 0.25) is 11.8 Å². The lowest BCUT2D eigenvalue weighted by molar-refractivity contribution is -0.140. The number of amides is 2. The first kappa shape index (κ1) is 23.7. The van der Waals surface area contributed by atoms with Crippen LogP contribution in [0.5, 0.6) is 0 Å². The molecule has 3 N–H and O–H groups in total. The molecule has 170 valence electrons. The van der Waals surface area contributed by atoms with E-state index in [0.717, 1.165) is 16.7 Å². The van der Waals surface area contributed by atoms with Gasteiger partial charge in [-0.1, -0.05) is 60.7 Å². The molecule has 1 aliphatic heterocycles. The van der Waals surface area contributed by atoms with E-state index in [-0.39, 0.29) is 37.5 Å². The quantitative estimate of drug-likeness (QED) is 0.498. The first-order valence-electron chi connectivity index (χ1n) is 11.1. The van der Waals surface area contributed by atoms with Crippen LogP contribution in [-0.4, -0.2) is 52.2 Å². The molecule has 0 saturated carbocycles. The summed E-state index contributed by atoms with van der Waals surface area (Å²) in [5.74, 6) is -1.02. The van der Waals surface area contributed by atoms with Gasteiger partial charge in [0.1, 0.15) is 0 Å². The number of hydrogen-bond acceptors (Lipinski definition) is 4. The van der Waals surface area contributed by atoms with Gasteiger partial charge in [-0.25, -0.2) is 0 Å². The van der Waals surface area contributed by atoms with Crippen LogP contribution >= 0.6 is 0 Å². The summed E-state index contributed by atoms with van der Waals surface area (Å²) in [4.78, 5) is 27.8. The van der Waals surface area contributed by atoms with E-state index in [1.165, 1.54) is 0 Å². The number of aliphatic hydroxyl groups excluding tert-OH is 2. The predicted octanol–water partition coefficient (Wildman–Crippen LogP) is 2.23. The Labute approximate surface area is 189 Å². The van der Waals surface area contributed by atoms with E-state index in [4.69, 9.17) is 0 Å². The second kappa shape index (κ2) is 11.6. The highest BCUT2D eigenvalue weighted by atomic mass is 16.3. The Kier molecular flexibility index (Phi) is 8.59. The molecule has 0 aromatic heterocycles. The number of nitrogens with zero attached hydrogens (tertiary/aromatic N) is 1. The lowest BCUT2D eigenvalue weighted by Gasteiger charge is -2.36. The van der Waals surface area contributed by atoms with Gasteiger partial charge in [0.25, 0.3) is 0 Å². The fourth-order valence-corrected chi connectivity index (χ4v) is 4.23. The number of carbonyl (C=O) groups excluding carboxylic acids is 2. The maximum atomic E-state index is 13.2.